The number of likely N-dealkylation sites (tertiary alicyclic amines) is 1. The second kappa shape index (κ2) is 5.19. The van der Waals surface area contributed by atoms with Gasteiger partial charge in [0.25, 0.3) is 0 Å². The quantitative estimate of drug-likeness (QED) is 0.922. The van der Waals surface area contributed by atoms with E-state index in [0.29, 0.717) is 5.56 Å². The van der Waals surface area contributed by atoms with E-state index in [0.717, 1.165) is 0 Å². The van der Waals surface area contributed by atoms with Crippen LogP contribution in [-0.2, 0) is 9.59 Å². The summed E-state index contributed by atoms with van der Waals surface area (Å²) >= 11 is 0. The molecule has 108 valence electrons. The molecule has 0 saturated carbocycles. The Hall–Kier alpha value is -1.98. The van der Waals surface area contributed by atoms with Crippen molar-refractivity contribution in [1.82, 2.24) is 4.90 Å². The van der Waals surface area contributed by atoms with Gasteiger partial charge in [-0.3, -0.25) is 4.79 Å². The van der Waals surface area contributed by atoms with Gasteiger partial charge in [0.2, 0.25) is 11.6 Å². The second-order valence-corrected chi connectivity index (χ2v) is 5.06. The van der Waals surface area contributed by atoms with Crippen LogP contribution in [0.2, 0.25) is 0 Å². The number of alkyl halides is 1. The van der Waals surface area contributed by atoms with Crippen LogP contribution in [-0.4, -0.2) is 40.6 Å². The molecule has 20 heavy (non-hydrogen) atoms. The van der Waals surface area contributed by atoms with Gasteiger partial charge in [-0.25, -0.2) is 13.6 Å². The number of nitrogens with zero attached hydrogens (tertiary/aromatic N) is 1. The molecule has 0 aliphatic carbocycles. The van der Waals surface area contributed by atoms with Crippen molar-refractivity contribution >= 4 is 11.9 Å². The molecule has 0 bridgehead atoms. The van der Waals surface area contributed by atoms with Crippen molar-refractivity contribution < 1.29 is 23.5 Å². The highest BCUT2D eigenvalue weighted by Gasteiger charge is 2.47. The van der Waals surface area contributed by atoms with E-state index < -0.39 is 35.8 Å². The summed E-state index contributed by atoms with van der Waals surface area (Å²) in [6, 6.07) is 5.63. The van der Waals surface area contributed by atoms with Crippen molar-refractivity contribution in [3.05, 3.63) is 35.6 Å². The van der Waals surface area contributed by atoms with E-state index in [-0.39, 0.29) is 13.0 Å². The Morgan fingerprint density at radius 2 is 2.15 bits per heavy atom. The minimum absolute atomic E-state index is 0.0568. The molecule has 1 heterocycles. The van der Waals surface area contributed by atoms with Gasteiger partial charge in [0.05, 0.1) is 12.5 Å². The van der Waals surface area contributed by atoms with E-state index in [4.69, 9.17) is 5.11 Å². The van der Waals surface area contributed by atoms with Crippen LogP contribution >= 0.6 is 0 Å². The molecule has 0 spiro atoms. The minimum Gasteiger partial charge on any atom is -0.479 e. The van der Waals surface area contributed by atoms with E-state index in [2.05, 4.69) is 0 Å². The third-order valence-electron chi connectivity index (χ3n) is 3.63. The number of rotatable bonds is 3. The normalized spacial score (nSPS) is 23.6. The molecule has 1 N–H and O–H groups in total. The van der Waals surface area contributed by atoms with E-state index in [1.54, 1.807) is 13.0 Å². The number of carbonyl (C=O) groups excluding carboxylic acids is 1. The monoisotopic (exact) mass is 283 g/mol. The third kappa shape index (κ3) is 2.64. The average Bonchev–Trinajstić information content (AvgIpc) is 2.81. The summed E-state index contributed by atoms with van der Waals surface area (Å²) in [7, 11) is 0. The SMILES string of the molecule is CC(C(=O)N1CCC(F)(C(=O)O)C1)c1cccc(F)c1. The molecule has 2 unspecified atom stereocenters. The molecule has 2 rings (SSSR count). The molecule has 0 radical (unpaired) electrons. The smallest absolute Gasteiger partial charge is 0.343 e. The largest absolute Gasteiger partial charge is 0.479 e. The molecule has 1 aliphatic heterocycles. The standard InChI is InChI=1S/C14H15F2NO3/c1-9(10-3-2-4-11(15)7-10)12(18)17-6-5-14(16,8-17)13(19)20/h2-4,7,9H,5-6,8H2,1H3,(H,19,20). The predicted octanol–water partition coefficient (Wildman–Crippen LogP) is 1.95. The van der Waals surface area contributed by atoms with Crippen molar-refractivity contribution in [3.63, 3.8) is 0 Å². The van der Waals surface area contributed by atoms with Crippen molar-refractivity contribution in [3.8, 4) is 0 Å². The van der Waals surface area contributed by atoms with Crippen LogP contribution in [0.5, 0.6) is 0 Å². The molecule has 1 saturated heterocycles. The number of carboxylic acid groups (broad SMARTS) is 1. The summed E-state index contributed by atoms with van der Waals surface area (Å²) < 4.78 is 27.1. The number of benzene rings is 1. The molecule has 6 heteroatoms. The van der Waals surface area contributed by atoms with E-state index in [1.165, 1.54) is 23.1 Å². The Labute approximate surface area is 115 Å². The van der Waals surface area contributed by atoms with E-state index in [9.17, 15) is 18.4 Å². The molecule has 1 aromatic rings. The van der Waals surface area contributed by atoms with Gasteiger partial charge < -0.3 is 10.0 Å². The summed E-state index contributed by atoms with van der Waals surface area (Å²) in [5.41, 5.74) is -1.89. The van der Waals surface area contributed by atoms with Crippen LogP contribution < -0.4 is 0 Å². The van der Waals surface area contributed by atoms with Crippen LogP contribution in [0.3, 0.4) is 0 Å². The number of aliphatic carboxylic acids is 1. The maximum Gasteiger partial charge on any atom is 0.343 e. The van der Waals surface area contributed by atoms with Crippen molar-refractivity contribution in [2.45, 2.75) is 24.9 Å². The zero-order valence-electron chi connectivity index (χ0n) is 11.0. The lowest BCUT2D eigenvalue weighted by Crippen LogP contribution is -2.40. The van der Waals surface area contributed by atoms with Gasteiger partial charge in [0.1, 0.15) is 5.82 Å². The Kier molecular flexibility index (Phi) is 3.74. The summed E-state index contributed by atoms with van der Waals surface area (Å²) in [5.74, 6) is -3.03. The first kappa shape index (κ1) is 14.4. The molecule has 2 atom stereocenters. The maximum atomic E-state index is 13.9. The highest BCUT2D eigenvalue weighted by Crippen LogP contribution is 2.29. The van der Waals surface area contributed by atoms with Crippen LogP contribution in [0.4, 0.5) is 8.78 Å². The van der Waals surface area contributed by atoms with Gasteiger partial charge >= 0.3 is 5.97 Å². The third-order valence-corrected chi connectivity index (χ3v) is 3.63. The Morgan fingerprint density at radius 1 is 1.45 bits per heavy atom. The van der Waals surface area contributed by atoms with Crippen molar-refractivity contribution in [1.29, 1.82) is 0 Å². The highest BCUT2D eigenvalue weighted by molar-refractivity contribution is 5.86. The number of hydrogen-bond donors (Lipinski definition) is 1. The van der Waals surface area contributed by atoms with Gasteiger partial charge in [-0.15, -0.1) is 0 Å². The Morgan fingerprint density at radius 3 is 2.70 bits per heavy atom. The van der Waals surface area contributed by atoms with E-state index in [1.807, 2.05) is 0 Å². The fourth-order valence-corrected chi connectivity index (χ4v) is 2.33. The number of hydrogen-bond acceptors (Lipinski definition) is 2. The van der Waals surface area contributed by atoms with Gasteiger partial charge in [0, 0.05) is 13.0 Å². The predicted molar refractivity (Wildman–Crippen MR) is 67.5 cm³/mol. The van der Waals surface area contributed by atoms with Crippen LogP contribution in [0.25, 0.3) is 0 Å². The zero-order chi connectivity index (χ0) is 14.9. The molecule has 1 amide bonds. The van der Waals surface area contributed by atoms with Gasteiger partial charge in [-0.05, 0) is 24.6 Å². The molecular weight excluding hydrogens is 268 g/mol. The lowest BCUT2D eigenvalue weighted by atomic mass is 9.99. The molecule has 0 aromatic heterocycles. The number of amides is 1. The maximum absolute atomic E-state index is 13.9. The zero-order valence-corrected chi connectivity index (χ0v) is 11.0. The van der Waals surface area contributed by atoms with Crippen LogP contribution in [0.1, 0.15) is 24.8 Å². The van der Waals surface area contributed by atoms with Crippen molar-refractivity contribution in [2.24, 2.45) is 0 Å². The second-order valence-electron chi connectivity index (χ2n) is 5.06. The fraction of sp³-hybridized carbons (Fsp3) is 0.429. The summed E-state index contributed by atoms with van der Waals surface area (Å²) in [6.07, 6.45) is -0.218. The first-order valence-electron chi connectivity index (χ1n) is 6.30. The van der Waals surface area contributed by atoms with E-state index >= 15 is 0 Å². The van der Waals surface area contributed by atoms with Crippen LogP contribution in [0.15, 0.2) is 24.3 Å². The molecule has 4 nitrogen and oxygen atoms in total. The Balaban J connectivity index is 2.11. The molecule has 1 aliphatic rings. The Bertz CT molecular complexity index is 549. The first-order valence-corrected chi connectivity index (χ1v) is 6.30. The number of carbonyl (C=O) groups is 2. The molecule has 1 fully saturated rings. The van der Waals surface area contributed by atoms with Crippen molar-refractivity contribution in [2.75, 3.05) is 13.1 Å². The lowest BCUT2D eigenvalue weighted by molar-refractivity contribution is -0.150. The molecular formula is C14H15F2NO3. The number of halogens is 2. The lowest BCUT2D eigenvalue weighted by Gasteiger charge is -2.21. The summed E-state index contributed by atoms with van der Waals surface area (Å²) in [6.45, 7) is 1.19. The number of carboxylic acids is 1. The minimum atomic E-state index is -2.38. The first-order chi connectivity index (χ1) is 9.33. The summed E-state index contributed by atoms with van der Waals surface area (Å²) in [5, 5.41) is 8.80. The van der Waals surface area contributed by atoms with Gasteiger partial charge in [-0.2, -0.15) is 0 Å². The van der Waals surface area contributed by atoms with Gasteiger partial charge in [-0.1, -0.05) is 12.1 Å². The van der Waals surface area contributed by atoms with Crippen LogP contribution in [0, 0.1) is 5.82 Å². The fourth-order valence-electron chi connectivity index (χ4n) is 2.33. The average molecular weight is 283 g/mol. The molecule has 1 aromatic carbocycles. The van der Waals surface area contributed by atoms with Gasteiger partial charge in [0.15, 0.2) is 0 Å². The summed E-state index contributed by atoms with van der Waals surface area (Å²) in [4.78, 5) is 24.2. The topological polar surface area (TPSA) is 57.6 Å². The highest BCUT2D eigenvalue weighted by atomic mass is 19.1.